The van der Waals surface area contributed by atoms with Crippen LogP contribution < -0.4 is 5.11 Å². The van der Waals surface area contributed by atoms with Crippen molar-refractivity contribution in [3.8, 4) is 0 Å². The highest BCUT2D eigenvalue weighted by Crippen LogP contribution is 2.66. The van der Waals surface area contributed by atoms with Crippen molar-refractivity contribution in [2.45, 2.75) is 97.5 Å². The summed E-state index contributed by atoms with van der Waals surface area (Å²) in [4.78, 5) is 62.0. The number of aliphatic carboxylic acids is 1. The predicted molar refractivity (Wildman–Crippen MR) is 131 cm³/mol. The van der Waals surface area contributed by atoms with Gasteiger partial charge >= 0.3 is 11.9 Å². The highest BCUT2D eigenvalue weighted by molar-refractivity contribution is 5.92. The summed E-state index contributed by atoms with van der Waals surface area (Å²) < 4.78 is 10.4. The molecule has 4 saturated carbocycles. The summed E-state index contributed by atoms with van der Waals surface area (Å²) in [6.45, 7) is 6.42. The Morgan fingerprint density at radius 1 is 1.00 bits per heavy atom. The maximum absolute atomic E-state index is 13.9. The Bertz CT molecular complexity index is 958. The summed E-state index contributed by atoms with van der Waals surface area (Å²) in [7, 11) is 1.39. The summed E-state index contributed by atoms with van der Waals surface area (Å²) in [5, 5.41) is 10.7. The summed E-state index contributed by atoms with van der Waals surface area (Å²) in [5.74, 6) is -1.24. The Morgan fingerprint density at radius 2 is 1.73 bits per heavy atom. The first-order chi connectivity index (χ1) is 17.4. The van der Waals surface area contributed by atoms with Crippen molar-refractivity contribution in [1.82, 2.24) is 0 Å². The lowest BCUT2D eigenvalue weighted by Gasteiger charge is -2.59. The third-order valence-electron chi connectivity index (χ3n) is 10.9. The van der Waals surface area contributed by atoms with Gasteiger partial charge in [0.1, 0.15) is 17.7 Å². The minimum absolute atomic E-state index is 0.00295. The number of esters is 2. The van der Waals surface area contributed by atoms with Crippen molar-refractivity contribution in [1.29, 1.82) is 0 Å². The van der Waals surface area contributed by atoms with E-state index in [1.165, 1.54) is 7.11 Å². The molecule has 4 rings (SSSR count). The molecule has 0 bridgehead atoms. The van der Waals surface area contributed by atoms with E-state index < -0.39 is 17.4 Å². The first-order valence-electron chi connectivity index (χ1n) is 13.9. The molecule has 206 valence electrons. The van der Waals surface area contributed by atoms with Crippen LogP contribution in [0.4, 0.5) is 0 Å². The van der Waals surface area contributed by atoms with Crippen LogP contribution in [0.1, 0.15) is 91.4 Å². The standard InChI is InChI=1S/C29H42O8/c1-16(5-9-25(34)36-4)19-6-7-20-27-21(15-23(31)29(19,20)3)28(2)12-11-18(13-17(28)14-22(27)30)37-26(35)10-8-24(32)33/h16-21,27H,5-15H2,1-4H3,(H,32,33)/p-1/t16-,17+,18-,19-,20+,21-,27-,28+,29-/m1/s1. The number of Topliss-reactive ketones (excluding diaryl/α,β-unsaturated/α-hetero) is 2. The monoisotopic (exact) mass is 517 g/mol. The molecule has 0 radical (unpaired) electrons. The SMILES string of the molecule is COC(=O)CC[C@@H](C)[C@H]1CC[C@H]2[C@H]3C(=O)C[C@@H]4C[C@H](OC(=O)CCC(=O)[O-])CC[C@]4(C)[C@@H]3CC(=O)[C@]12C. The fourth-order valence-electron chi connectivity index (χ4n) is 8.76. The van der Waals surface area contributed by atoms with Gasteiger partial charge in [0.15, 0.2) is 0 Å². The van der Waals surface area contributed by atoms with Crippen LogP contribution in [0.15, 0.2) is 0 Å². The number of hydrogen-bond donors (Lipinski definition) is 0. The van der Waals surface area contributed by atoms with Crippen molar-refractivity contribution in [2.24, 2.45) is 46.3 Å². The van der Waals surface area contributed by atoms with Gasteiger partial charge in [-0.25, -0.2) is 0 Å². The second kappa shape index (κ2) is 10.5. The van der Waals surface area contributed by atoms with E-state index >= 15 is 0 Å². The van der Waals surface area contributed by atoms with Gasteiger partial charge in [-0.15, -0.1) is 0 Å². The zero-order chi connectivity index (χ0) is 27.1. The molecule has 0 aliphatic heterocycles. The van der Waals surface area contributed by atoms with Gasteiger partial charge in [-0.3, -0.25) is 19.2 Å². The van der Waals surface area contributed by atoms with E-state index in [0.29, 0.717) is 38.5 Å². The third-order valence-corrected chi connectivity index (χ3v) is 10.9. The van der Waals surface area contributed by atoms with E-state index in [2.05, 4.69) is 20.8 Å². The molecular formula is C29H41O8-. The molecule has 0 amide bonds. The van der Waals surface area contributed by atoms with E-state index in [4.69, 9.17) is 9.47 Å². The smallest absolute Gasteiger partial charge is 0.306 e. The Morgan fingerprint density at radius 3 is 2.41 bits per heavy atom. The van der Waals surface area contributed by atoms with Crippen LogP contribution in [-0.2, 0) is 33.4 Å². The Hall–Kier alpha value is -2.25. The quantitative estimate of drug-likeness (QED) is 0.450. The van der Waals surface area contributed by atoms with Crippen molar-refractivity contribution in [2.75, 3.05) is 7.11 Å². The van der Waals surface area contributed by atoms with E-state index in [0.717, 1.165) is 19.3 Å². The van der Waals surface area contributed by atoms with Gasteiger partial charge in [0, 0.05) is 36.6 Å². The number of rotatable bonds is 8. The number of ketones is 2. The van der Waals surface area contributed by atoms with Gasteiger partial charge in [-0.05, 0) is 80.0 Å². The number of fused-ring (bicyclic) bond motifs is 5. The van der Waals surface area contributed by atoms with Crippen LogP contribution in [0.5, 0.6) is 0 Å². The number of ether oxygens (including phenoxy) is 2. The van der Waals surface area contributed by atoms with E-state index in [-0.39, 0.29) is 77.4 Å². The molecule has 4 aliphatic rings. The highest BCUT2D eigenvalue weighted by atomic mass is 16.5. The van der Waals surface area contributed by atoms with Crippen molar-refractivity contribution in [3.05, 3.63) is 0 Å². The number of carboxylic acids is 1. The molecule has 0 aromatic heterocycles. The van der Waals surface area contributed by atoms with Crippen molar-refractivity contribution >= 4 is 29.5 Å². The van der Waals surface area contributed by atoms with E-state index in [1.54, 1.807) is 0 Å². The summed E-state index contributed by atoms with van der Waals surface area (Å²) in [5.41, 5.74) is -0.709. The van der Waals surface area contributed by atoms with Crippen LogP contribution >= 0.6 is 0 Å². The normalized spacial score (nSPS) is 39.7. The van der Waals surface area contributed by atoms with Gasteiger partial charge in [0.2, 0.25) is 0 Å². The molecule has 9 atom stereocenters. The first-order valence-corrected chi connectivity index (χ1v) is 13.9. The number of hydrogen-bond acceptors (Lipinski definition) is 8. The van der Waals surface area contributed by atoms with Crippen LogP contribution in [0, 0.1) is 46.3 Å². The maximum Gasteiger partial charge on any atom is 0.306 e. The molecule has 0 aromatic rings. The minimum atomic E-state index is -1.28. The number of carbonyl (C=O) groups excluding carboxylic acids is 5. The lowest BCUT2D eigenvalue weighted by atomic mass is 9.43. The molecule has 0 heterocycles. The summed E-state index contributed by atoms with van der Waals surface area (Å²) in [6.07, 6.45) is 4.74. The second-order valence-corrected chi connectivity index (χ2v) is 12.6. The zero-order valence-electron chi connectivity index (χ0n) is 22.6. The number of carboxylic acid groups (broad SMARTS) is 1. The largest absolute Gasteiger partial charge is 0.550 e. The molecule has 37 heavy (non-hydrogen) atoms. The predicted octanol–water partition coefficient (Wildman–Crippen LogP) is 3.03. The van der Waals surface area contributed by atoms with Crippen LogP contribution in [0.3, 0.4) is 0 Å². The van der Waals surface area contributed by atoms with Crippen LogP contribution in [0.25, 0.3) is 0 Å². The van der Waals surface area contributed by atoms with E-state index in [9.17, 15) is 29.1 Å². The maximum atomic E-state index is 13.9. The molecule has 4 aliphatic carbocycles. The Kier molecular flexibility index (Phi) is 7.87. The molecule has 8 heteroatoms. The second-order valence-electron chi connectivity index (χ2n) is 12.6. The minimum Gasteiger partial charge on any atom is -0.550 e. The highest BCUT2D eigenvalue weighted by Gasteiger charge is 2.66. The fraction of sp³-hybridized carbons (Fsp3) is 0.828. The van der Waals surface area contributed by atoms with Gasteiger partial charge in [-0.1, -0.05) is 20.8 Å². The van der Waals surface area contributed by atoms with Gasteiger partial charge < -0.3 is 19.4 Å². The van der Waals surface area contributed by atoms with Gasteiger partial charge in [-0.2, -0.15) is 0 Å². The summed E-state index contributed by atoms with van der Waals surface area (Å²) >= 11 is 0. The lowest BCUT2D eigenvalue weighted by molar-refractivity contribution is -0.305. The zero-order valence-corrected chi connectivity index (χ0v) is 22.6. The molecule has 0 N–H and O–H groups in total. The van der Waals surface area contributed by atoms with Gasteiger partial charge in [0.05, 0.1) is 13.5 Å². The number of methoxy groups -OCH3 is 1. The Balaban J connectivity index is 1.48. The molecule has 8 nitrogen and oxygen atoms in total. The van der Waals surface area contributed by atoms with Crippen molar-refractivity contribution in [3.63, 3.8) is 0 Å². The number of carbonyl (C=O) groups is 5. The van der Waals surface area contributed by atoms with Crippen LogP contribution in [0.2, 0.25) is 0 Å². The summed E-state index contributed by atoms with van der Waals surface area (Å²) in [6, 6.07) is 0. The van der Waals surface area contributed by atoms with E-state index in [1.807, 2.05) is 0 Å². The average Bonchev–Trinajstić information content (AvgIpc) is 3.21. The lowest BCUT2D eigenvalue weighted by Crippen LogP contribution is -2.60. The fourth-order valence-corrected chi connectivity index (χ4v) is 8.76. The third kappa shape index (κ3) is 4.97. The molecule has 0 spiro atoms. The molecule has 4 fully saturated rings. The molecule has 0 saturated heterocycles. The molecular weight excluding hydrogens is 476 g/mol. The first kappa shape index (κ1) is 27.8. The van der Waals surface area contributed by atoms with Crippen LogP contribution in [-0.4, -0.2) is 42.7 Å². The van der Waals surface area contributed by atoms with Crippen molar-refractivity contribution < 1.29 is 38.6 Å². The topological polar surface area (TPSA) is 127 Å². The molecule has 0 unspecified atom stereocenters. The van der Waals surface area contributed by atoms with Gasteiger partial charge in [0.25, 0.3) is 0 Å². The molecule has 0 aromatic carbocycles. The Labute approximate surface area is 219 Å². The average molecular weight is 518 g/mol.